The number of carboxylic acid groups (broad SMARTS) is 1. The maximum absolute atomic E-state index is 14.7. The van der Waals surface area contributed by atoms with Crippen LogP contribution in [0.2, 0.25) is 0 Å². The van der Waals surface area contributed by atoms with Gasteiger partial charge in [-0.25, -0.2) is 4.79 Å². The van der Waals surface area contributed by atoms with Gasteiger partial charge in [0.05, 0.1) is 34.8 Å². The molecule has 1 aromatic rings. The predicted octanol–water partition coefficient (Wildman–Crippen LogP) is 4.29. The summed E-state index contributed by atoms with van der Waals surface area (Å²) in [6.07, 6.45) is -10.0. The maximum Gasteiger partial charge on any atom is 0.417 e. The summed E-state index contributed by atoms with van der Waals surface area (Å²) in [5.41, 5.74) is -3.90. The number of alkyl halides is 5. The average Bonchev–Trinajstić information content (AvgIpc) is 3.77. The van der Waals surface area contributed by atoms with Crippen LogP contribution in [0.1, 0.15) is 76.2 Å². The molecule has 2 heterocycles. The van der Waals surface area contributed by atoms with Gasteiger partial charge in [0.25, 0.3) is 17.7 Å². The standard InChI is InChI=1S/C31H39F5N4O8/c1-15(2)27(43)47-17(5)23-20(7-6-11-39(23)29(45)46)40(16(3)4)26(42)18-13-21-22(14-19(18)31(34,35)36)48-30(8-9-30)28(44)38(21)12-10-37-25(41)24(32)33/h13-17,20,23-24H,6-12H2,1-5H3,(H,37,41)(H,45,46)/t17?,20-,23?/m1/s1. The summed E-state index contributed by atoms with van der Waals surface area (Å²) < 4.78 is 80.8. The van der Waals surface area contributed by atoms with Crippen LogP contribution in [0.5, 0.6) is 5.75 Å². The summed E-state index contributed by atoms with van der Waals surface area (Å²) in [6.45, 7) is 6.88. The van der Waals surface area contributed by atoms with Gasteiger partial charge in [-0.3, -0.25) is 24.1 Å². The molecule has 3 aliphatic rings. The van der Waals surface area contributed by atoms with Gasteiger partial charge in [0.1, 0.15) is 11.9 Å². The molecule has 1 saturated carbocycles. The van der Waals surface area contributed by atoms with Crippen molar-refractivity contribution in [3.8, 4) is 5.75 Å². The van der Waals surface area contributed by atoms with E-state index in [4.69, 9.17) is 9.47 Å². The Hall–Kier alpha value is -4.18. The number of amides is 4. The fourth-order valence-corrected chi connectivity index (χ4v) is 6.29. The number of nitrogens with one attached hydrogen (secondary N) is 1. The van der Waals surface area contributed by atoms with Gasteiger partial charge in [-0.2, -0.15) is 22.0 Å². The predicted molar refractivity (Wildman–Crippen MR) is 159 cm³/mol. The van der Waals surface area contributed by atoms with E-state index in [1.165, 1.54) is 6.92 Å². The van der Waals surface area contributed by atoms with Crippen LogP contribution in [-0.4, -0.2) is 101 Å². The van der Waals surface area contributed by atoms with Gasteiger partial charge in [-0.05, 0) is 45.7 Å². The number of nitrogens with zero attached hydrogens (tertiary/aromatic N) is 3. The molecule has 1 aliphatic carbocycles. The molecule has 0 aromatic heterocycles. The van der Waals surface area contributed by atoms with E-state index in [9.17, 15) is 51.0 Å². The van der Waals surface area contributed by atoms with Crippen molar-refractivity contribution >= 4 is 35.5 Å². The number of halogens is 5. The van der Waals surface area contributed by atoms with Gasteiger partial charge < -0.3 is 29.7 Å². The largest absolute Gasteiger partial charge is 0.475 e. The van der Waals surface area contributed by atoms with Gasteiger partial charge in [0, 0.05) is 38.5 Å². The van der Waals surface area contributed by atoms with Crippen molar-refractivity contribution in [3.05, 3.63) is 23.3 Å². The minimum atomic E-state index is -5.08. The lowest BCUT2D eigenvalue weighted by molar-refractivity contribution is -0.157. The Balaban J connectivity index is 1.80. The number of fused-ring (bicyclic) bond motifs is 1. The van der Waals surface area contributed by atoms with E-state index in [2.05, 4.69) is 0 Å². The topological polar surface area (TPSA) is 146 Å². The maximum atomic E-state index is 14.7. The van der Waals surface area contributed by atoms with Gasteiger partial charge in [0.2, 0.25) is 0 Å². The zero-order valence-corrected chi connectivity index (χ0v) is 27.1. The first kappa shape index (κ1) is 36.7. The number of carbonyl (C=O) groups excluding carboxylic acids is 4. The molecule has 0 radical (unpaired) electrons. The molecule has 4 rings (SSSR count). The zero-order chi connectivity index (χ0) is 35.9. The SMILES string of the molecule is CC(C)C(=O)OC(C)C1[C@H](N(C(=O)c2cc3c(cc2C(F)(F)F)OC2(CC2)C(=O)N3CCNC(=O)C(F)F)C(C)C)CCCN1C(=O)O. The molecule has 1 saturated heterocycles. The first-order chi connectivity index (χ1) is 22.3. The zero-order valence-electron chi connectivity index (χ0n) is 27.1. The van der Waals surface area contributed by atoms with Gasteiger partial charge in [-0.1, -0.05) is 13.8 Å². The molecule has 3 atom stereocenters. The normalized spacial score (nSPS) is 20.8. The van der Waals surface area contributed by atoms with E-state index >= 15 is 0 Å². The van der Waals surface area contributed by atoms with E-state index in [1.54, 1.807) is 27.7 Å². The van der Waals surface area contributed by atoms with Crippen LogP contribution in [0.4, 0.5) is 32.4 Å². The highest BCUT2D eigenvalue weighted by molar-refractivity contribution is 6.07. The molecule has 2 unspecified atom stereocenters. The van der Waals surface area contributed by atoms with E-state index in [0.717, 1.165) is 20.8 Å². The Kier molecular flexibility index (Phi) is 10.5. The van der Waals surface area contributed by atoms with Crippen molar-refractivity contribution in [1.29, 1.82) is 0 Å². The molecule has 4 amide bonds. The van der Waals surface area contributed by atoms with Crippen molar-refractivity contribution in [2.24, 2.45) is 5.92 Å². The first-order valence-electron chi connectivity index (χ1n) is 15.7. The molecule has 17 heteroatoms. The third-order valence-corrected chi connectivity index (χ3v) is 8.70. The Labute approximate surface area is 273 Å². The Morgan fingerprint density at radius 2 is 1.77 bits per heavy atom. The van der Waals surface area contributed by atoms with E-state index < -0.39 is 102 Å². The molecular weight excluding hydrogens is 651 g/mol. The molecule has 2 N–H and O–H groups in total. The van der Waals surface area contributed by atoms with Crippen LogP contribution < -0.4 is 15.0 Å². The number of rotatable bonds is 10. The third kappa shape index (κ3) is 7.28. The van der Waals surface area contributed by atoms with E-state index in [0.29, 0.717) is 6.07 Å². The minimum Gasteiger partial charge on any atom is -0.475 e. The van der Waals surface area contributed by atoms with Crippen LogP contribution in [0, 0.1) is 5.92 Å². The highest BCUT2D eigenvalue weighted by Gasteiger charge is 2.58. The first-order valence-corrected chi connectivity index (χ1v) is 15.7. The Bertz CT molecular complexity index is 1450. The van der Waals surface area contributed by atoms with Crippen molar-refractivity contribution in [3.63, 3.8) is 0 Å². The molecule has 1 aromatic carbocycles. The average molecular weight is 691 g/mol. The summed E-state index contributed by atoms with van der Waals surface area (Å²) in [6, 6.07) is -1.47. The van der Waals surface area contributed by atoms with Crippen molar-refractivity contribution in [1.82, 2.24) is 15.1 Å². The quantitative estimate of drug-likeness (QED) is 0.273. The number of esters is 1. The Morgan fingerprint density at radius 1 is 1.12 bits per heavy atom. The number of hydrogen-bond acceptors (Lipinski definition) is 7. The van der Waals surface area contributed by atoms with Crippen molar-refractivity contribution in [2.45, 2.75) is 103 Å². The molecule has 2 aliphatic heterocycles. The number of hydrogen-bond donors (Lipinski definition) is 2. The lowest BCUT2D eigenvalue weighted by atomic mass is 9.89. The highest BCUT2D eigenvalue weighted by Crippen LogP contribution is 2.51. The van der Waals surface area contributed by atoms with Gasteiger partial charge in [-0.15, -0.1) is 0 Å². The minimum absolute atomic E-state index is 0.0328. The fourth-order valence-electron chi connectivity index (χ4n) is 6.29. The number of likely N-dealkylation sites (tertiary alicyclic amines) is 1. The summed E-state index contributed by atoms with van der Waals surface area (Å²) in [7, 11) is 0. The van der Waals surface area contributed by atoms with Gasteiger partial charge in [0.15, 0.2) is 5.60 Å². The molecule has 266 valence electrons. The fraction of sp³-hybridized carbons (Fsp3) is 0.645. The van der Waals surface area contributed by atoms with Crippen LogP contribution in [0.3, 0.4) is 0 Å². The second-order valence-corrected chi connectivity index (χ2v) is 12.8. The van der Waals surface area contributed by atoms with Crippen LogP contribution >= 0.6 is 0 Å². The van der Waals surface area contributed by atoms with Crippen molar-refractivity contribution < 1.29 is 60.5 Å². The Morgan fingerprint density at radius 3 is 2.29 bits per heavy atom. The second kappa shape index (κ2) is 13.7. The number of benzene rings is 1. The molecule has 1 spiro atoms. The summed E-state index contributed by atoms with van der Waals surface area (Å²) in [5, 5.41) is 12.0. The lowest BCUT2D eigenvalue weighted by Gasteiger charge is -2.48. The second-order valence-electron chi connectivity index (χ2n) is 12.8. The summed E-state index contributed by atoms with van der Waals surface area (Å²) in [5.74, 6) is -4.93. The number of piperidine rings is 1. The highest BCUT2D eigenvalue weighted by atomic mass is 19.4. The molecule has 12 nitrogen and oxygen atoms in total. The molecule has 2 fully saturated rings. The van der Waals surface area contributed by atoms with E-state index in [1.807, 2.05) is 5.32 Å². The summed E-state index contributed by atoms with van der Waals surface area (Å²) in [4.78, 5) is 67.2. The summed E-state index contributed by atoms with van der Waals surface area (Å²) >= 11 is 0. The van der Waals surface area contributed by atoms with Gasteiger partial charge >= 0.3 is 24.7 Å². The van der Waals surface area contributed by atoms with E-state index in [-0.39, 0.29) is 43.7 Å². The lowest BCUT2D eigenvalue weighted by Crippen LogP contribution is -2.63. The number of anilines is 1. The molecular formula is C31H39F5N4O8. The number of carbonyl (C=O) groups is 5. The third-order valence-electron chi connectivity index (χ3n) is 8.70. The van der Waals surface area contributed by atoms with Crippen LogP contribution in [-0.2, 0) is 25.3 Å². The molecule has 48 heavy (non-hydrogen) atoms. The van der Waals surface area contributed by atoms with Crippen LogP contribution in [0.15, 0.2) is 12.1 Å². The van der Waals surface area contributed by atoms with Crippen LogP contribution in [0.25, 0.3) is 0 Å². The number of ether oxygens (including phenoxy) is 2. The van der Waals surface area contributed by atoms with Crippen molar-refractivity contribution in [2.75, 3.05) is 24.5 Å². The molecule has 0 bridgehead atoms. The smallest absolute Gasteiger partial charge is 0.417 e. The monoisotopic (exact) mass is 690 g/mol.